The van der Waals surface area contributed by atoms with Gasteiger partial charge in [-0.2, -0.15) is 9.40 Å². The standard InChI is InChI=1S/C17H18N6O3S/c24-17(20-10-1-2-10)16-12-5-6-23(8-15(12)21-22-16)27(25,26)11-3-4-13-14(7-11)19-9-18-13/h3-4,7,9-10H,1-2,5-6,8H2,(H,18,19)(H,20,24)(H,21,22). The summed E-state index contributed by atoms with van der Waals surface area (Å²) < 4.78 is 27.5. The van der Waals surface area contributed by atoms with Gasteiger partial charge in [-0.1, -0.05) is 0 Å². The SMILES string of the molecule is O=C(NC1CC1)c1n[nH]c2c1CCN(S(=O)(=O)c1ccc3nc[nH]c3c1)C2. The highest BCUT2D eigenvalue weighted by molar-refractivity contribution is 7.89. The Kier molecular flexibility index (Phi) is 3.59. The zero-order valence-electron chi connectivity index (χ0n) is 14.4. The fourth-order valence-electron chi connectivity index (χ4n) is 3.39. The van der Waals surface area contributed by atoms with Gasteiger partial charge in [-0.3, -0.25) is 9.89 Å². The average Bonchev–Trinajstić information content (AvgIpc) is 3.20. The van der Waals surface area contributed by atoms with Gasteiger partial charge in [0.15, 0.2) is 5.69 Å². The molecule has 2 aromatic heterocycles. The van der Waals surface area contributed by atoms with Crippen LogP contribution in [0.4, 0.5) is 0 Å². The minimum atomic E-state index is -3.66. The molecule has 1 aliphatic carbocycles. The number of H-pyrrole nitrogens is 2. The molecule has 1 aliphatic heterocycles. The van der Waals surface area contributed by atoms with E-state index >= 15 is 0 Å². The van der Waals surface area contributed by atoms with Gasteiger partial charge in [0.05, 0.1) is 34.5 Å². The molecular weight excluding hydrogens is 368 g/mol. The highest BCUT2D eigenvalue weighted by Gasteiger charge is 2.33. The molecule has 3 heterocycles. The fraction of sp³-hybridized carbons (Fsp3) is 0.353. The Morgan fingerprint density at radius 2 is 2.15 bits per heavy atom. The number of carbonyl (C=O) groups is 1. The zero-order valence-corrected chi connectivity index (χ0v) is 15.2. The Labute approximate surface area is 155 Å². The number of nitrogens with zero attached hydrogens (tertiary/aromatic N) is 3. The lowest BCUT2D eigenvalue weighted by atomic mass is 10.1. The van der Waals surface area contributed by atoms with E-state index < -0.39 is 10.0 Å². The van der Waals surface area contributed by atoms with Gasteiger partial charge in [0.25, 0.3) is 5.91 Å². The fourth-order valence-corrected chi connectivity index (χ4v) is 4.83. The summed E-state index contributed by atoms with van der Waals surface area (Å²) in [6.07, 6.45) is 3.99. The molecule has 1 saturated carbocycles. The van der Waals surface area contributed by atoms with E-state index in [4.69, 9.17) is 0 Å². The molecule has 0 bridgehead atoms. The van der Waals surface area contributed by atoms with E-state index in [1.807, 2.05) is 0 Å². The number of aromatic amines is 2. The van der Waals surface area contributed by atoms with Gasteiger partial charge in [-0.05, 0) is 37.5 Å². The third-order valence-corrected chi connectivity index (χ3v) is 6.90. The first-order valence-corrected chi connectivity index (χ1v) is 10.3. The molecule has 1 fully saturated rings. The first-order valence-electron chi connectivity index (χ1n) is 8.82. The highest BCUT2D eigenvalue weighted by Crippen LogP contribution is 2.27. The van der Waals surface area contributed by atoms with Crippen LogP contribution < -0.4 is 5.32 Å². The number of fused-ring (bicyclic) bond motifs is 2. The topological polar surface area (TPSA) is 124 Å². The number of aromatic nitrogens is 4. The third kappa shape index (κ3) is 2.81. The smallest absolute Gasteiger partial charge is 0.272 e. The van der Waals surface area contributed by atoms with E-state index in [-0.39, 0.29) is 23.4 Å². The zero-order chi connectivity index (χ0) is 18.6. The van der Waals surface area contributed by atoms with Crippen molar-refractivity contribution < 1.29 is 13.2 Å². The molecule has 2 aliphatic rings. The number of amides is 1. The Morgan fingerprint density at radius 3 is 2.96 bits per heavy atom. The van der Waals surface area contributed by atoms with Crippen LogP contribution in [0.5, 0.6) is 0 Å². The molecule has 0 saturated heterocycles. The number of sulfonamides is 1. The van der Waals surface area contributed by atoms with E-state index in [0.717, 1.165) is 23.9 Å². The van der Waals surface area contributed by atoms with Gasteiger partial charge in [-0.25, -0.2) is 13.4 Å². The van der Waals surface area contributed by atoms with Crippen LogP contribution >= 0.6 is 0 Å². The normalized spacial score (nSPS) is 17.8. The first-order chi connectivity index (χ1) is 13.0. The summed E-state index contributed by atoms with van der Waals surface area (Å²) in [5.74, 6) is -0.184. The number of nitrogens with one attached hydrogen (secondary N) is 3. The number of rotatable bonds is 4. The van der Waals surface area contributed by atoms with Crippen LogP contribution in [-0.4, -0.2) is 51.4 Å². The summed E-state index contributed by atoms with van der Waals surface area (Å²) in [4.78, 5) is 19.6. The third-order valence-electron chi connectivity index (χ3n) is 5.06. The number of benzene rings is 1. The molecule has 0 radical (unpaired) electrons. The predicted octanol–water partition coefficient (Wildman–Crippen LogP) is 0.925. The molecule has 9 nitrogen and oxygen atoms in total. The molecule has 3 N–H and O–H groups in total. The second-order valence-electron chi connectivity index (χ2n) is 6.95. The molecule has 0 unspecified atom stereocenters. The van der Waals surface area contributed by atoms with Crippen LogP contribution in [0.1, 0.15) is 34.6 Å². The summed E-state index contributed by atoms with van der Waals surface area (Å²) in [5.41, 5.74) is 3.26. The van der Waals surface area contributed by atoms with Crippen LogP contribution in [0.25, 0.3) is 11.0 Å². The van der Waals surface area contributed by atoms with Crippen molar-refractivity contribution in [3.05, 3.63) is 41.5 Å². The first kappa shape index (κ1) is 16.5. The number of carbonyl (C=O) groups excluding carboxylic acids is 1. The van der Waals surface area contributed by atoms with Gasteiger partial charge in [-0.15, -0.1) is 0 Å². The van der Waals surface area contributed by atoms with E-state index in [9.17, 15) is 13.2 Å². The molecule has 1 aromatic carbocycles. The number of hydrogen-bond acceptors (Lipinski definition) is 5. The second kappa shape index (κ2) is 5.89. The minimum Gasteiger partial charge on any atom is -0.348 e. The maximum atomic E-state index is 13.0. The van der Waals surface area contributed by atoms with E-state index in [0.29, 0.717) is 29.9 Å². The van der Waals surface area contributed by atoms with Gasteiger partial charge >= 0.3 is 0 Å². The Morgan fingerprint density at radius 1 is 1.30 bits per heavy atom. The number of imidazole rings is 1. The monoisotopic (exact) mass is 386 g/mol. The van der Waals surface area contributed by atoms with Gasteiger partial charge < -0.3 is 10.3 Å². The lowest BCUT2D eigenvalue weighted by Crippen LogP contribution is -2.36. The van der Waals surface area contributed by atoms with E-state index in [1.54, 1.807) is 18.2 Å². The summed E-state index contributed by atoms with van der Waals surface area (Å²) in [6.45, 7) is 0.474. The lowest BCUT2D eigenvalue weighted by molar-refractivity contribution is 0.0945. The lowest BCUT2D eigenvalue weighted by Gasteiger charge is -2.26. The van der Waals surface area contributed by atoms with Crippen LogP contribution in [0.15, 0.2) is 29.4 Å². The van der Waals surface area contributed by atoms with Crippen LogP contribution in [0.2, 0.25) is 0 Å². The molecule has 27 heavy (non-hydrogen) atoms. The molecule has 140 valence electrons. The molecule has 0 atom stereocenters. The van der Waals surface area contributed by atoms with Crippen molar-refractivity contribution in [1.82, 2.24) is 29.8 Å². The maximum absolute atomic E-state index is 13.0. The van der Waals surface area contributed by atoms with Crippen molar-refractivity contribution in [2.24, 2.45) is 0 Å². The van der Waals surface area contributed by atoms with Crippen LogP contribution in [0.3, 0.4) is 0 Å². The summed E-state index contributed by atoms with van der Waals surface area (Å²) in [5, 5.41) is 9.90. The van der Waals surface area contributed by atoms with Crippen molar-refractivity contribution in [2.75, 3.05) is 6.54 Å². The molecule has 10 heteroatoms. The van der Waals surface area contributed by atoms with Gasteiger partial charge in [0.2, 0.25) is 10.0 Å². The molecular formula is C17H18N6O3S. The minimum absolute atomic E-state index is 0.169. The Balaban J connectivity index is 1.41. The predicted molar refractivity (Wildman–Crippen MR) is 96.5 cm³/mol. The molecule has 1 amide bonds. The van der Waals surface area contributed by atoms with E-state index in [2.05, 4.69) is 25.5 Å². The second-order valence-corrected chi connectivity index (χ2v) is 8.89. The molecule has 5 rings (SSSR count). The van der Waals surface area contributed by atoms with Crippen molar-refractivity contribution in [1.29, 1.82) is 0 Å². The molecule has 3 aromatic rings. The summed E-state index contributed by atoms with van der Waals surface area (Å²) >= 11 is 0. The molecule has 0 spiro atoms. The van der Waals surface area contributed by atoms with E-state index in [1.165, 1.54) is 10.6 Å². The van der Waals surface area contributed by atoms with Gasteiger partial charge in [0, 0.05) is 18.2 Å². The van der Waals surface area contributed by atoms with Crippen LogP contribution in [0, 0.1) is 0 Å². The summed E-state index contributed by atoms with van der Waals surface area (Å²) in [6, 6.07) is 5.09. The van der Waals surface area contributed by atoms with Crippen molar-refractivity contribution in [3.63, 3.8) is 0 Å². The Hall–Kier alpha value is -2.72. The summed E-state index contributed by atoms with van der Waals surface area (Å²) in [7, 11) is -3.66. The van der Waals surface area contributed by atoms with Crippen molar-refractivity contribution in [2.45, 2.75) is 36.7 Å². The van der Waals surface area contributed by atoms with Crippen LogP contribution in [-0.2, 0) is 23.0 Å². The van der Waals surface area contributed by atoms with Gasteiger partial charge in [0.1, 0.15) is 0 Å². The number of hydrogen-bond donors (Lipinski definition) is 3. The van der Waals surface area contributed by atoms with Crippen molar-refractivity contribution >= 4 is 27.0 Å². The quantitative estimate of drug-likeness (QED) is 0.615. The van der Waals surface area contributed by atoms with Crippen molar-refractivity contribution in [3.8, 4) is 0 Å². The average molecular weight is 386 g/mol. The largest absolute Gasteiger partial charge is 0.348 e. The highest BCUT2D eigenvalue weighted by atomic mass is 32.2. The Bertz CT molecular complexity index is 1140. The maximum Gasteiger partial charge on any atom is 0.272 e.